The average molecular weight is 281 g/mol. The van der Waals surface area contributed by atoms with Crippen LogP contribution in [0.25, 0.3) is 11.2 Å². The van der Waals surface area contributed by atoms with Gasteiger partial charge in [0.15, 0.2) is 5.65 Å². The first kappa shape index (κ1) is 13.8. The molecular weight excluding hydrogens is 264 g/mol. The molecule has 0 bridgehead atoms. The zero-order chi connectivity index (χ0) is 14.0. The summed E-state index contributed by atoms with van der Waals surface area (Å²) >= 11 is 5.88. The lowest BCUT2D eigenvalue weighted by Crippen LogP contribution is -2.42. The number of carbonyl (C=O) groups excluding carboxylic acids is 1. The second kappa shape index (κ2) is 5.17. The molecule has 0 saturated heterocycles. The zero-order valence-electron chi connectivity index (χ0n) is 11.3. The molecule has 0 unspecified atom stereocenters. The van der Waals surface area contributed by atoms with Crippen LogP contribution in [-0.2, 0) is 17.2 Å². The number of aromatic nitrogens is 3. The first-order valence-corrected chi connectivity index (χ1v) is 6.61. The van der Waals surface area contributed by atoms with Crippen LogP contribution in [-0.4, -0.2) is 26.0 Å². The predicted octanol–water partition coefficient (Wildman–Crippen LogP) is 2.08. The largest absolute Gasteiger partial charge is 0.350 e. The highest BCUT2D eigenvalue weighted by Gasteiger charge is 2.17. The lowest BCUT2D eigenvalue weighted by molar-refractivity contribution is -0.123. The number of rotatable bonds is 3. The minimum atomic E-state index is -0.262. The Morgan fingerprint density at radius 2 is 2.21 bits per heavy atom. The van der Waals surface area contributed by atoms with Gasteiger partial charge in [-0.05, 0) is 32.9 Å². The van der Waals surface area contributed by atoms with Gasteiger partial charge >= 0.3 is 0 Å². The molecule has 0 atom stereocenters. The van der Waals surface area contributed by atoms with Crippen molar-refractivity contribution < 1.29 is 4.79 Å². The Morgan fingerprint density at radius 1 is 1.47 bits per heavy atom. The standard InChI is InChI=1S/C13H17ClN4O/c1-13(2,3)17-11(19)8-18-10(7-14)16-9-5-4-6-15-12(9)18/h4-6H,7-8H2,1-3H3,(H,17,19). The monoisotopic (exact) mass is 280 g/mol. The van der Waals surface area contributed by atoms with E-state index < -0.39 is 0 Å². The summed E-state index contributed by atoms with van der Waals surface area (Å²) in [6.45, 7) is 6.00. The van der Waals surface area contributed by atoms with Gasteiger partial charge in [-0.15, -0.1) is 11.6 Å². The highest BCUT2D eigenvalue weighted by atomic mass is 35.5. The third kappa shape index (κ3) is 3.23. The summed E-state index contributed by atoms with van der Waals surface area (Å²) in [5, 5.41) is 2.92. The van der Waals surface area contributed by atoms with E-state index in [1.54, 1.807) is 10.8 Å². The van der Waals surface area contributed by atoms with Crippen molar-refractivity contribution in [1.82, 2.24) is 19.9 Å². The maximum absolute atomic E-state index is 12.0. The number of pyridine rings is 1. The molecule has 0 saturated carbocycles. The van der Waals surface area contributed by atoms with Crippen LogP contribution < -0.4 is 5.32 Å². The van der Waals surface area contributed by atoms with Crippen LogP contribution in [0.2, 0.25) is 0 Å². The second-order valence-electron chi connectivity index (χ2n) is 5.39. The molecule has 2 rings (SSSR count). The number of nitrogens with one attached hydrogen (secondary N) is 1. The van der Waals surface area contributed by atoms with Gasteiger partial charge < -0.3 is 9.88 Å². The van der Waals surface area contributed by atoms with Gasteiger partial charge in [0.05, 0.1) is 5.88 Å². The Hall–Kier alpha value is -1.62. The summed E-state index contributed by atoms with van der Waals surface area (Å²) in [4.78, 5) is 20.6. The van der Waals surface area contributed by atoms with Crippen molar-refractivity contribution in [3.05, 3.63) is 24.2 Å². The van der Waals surface area contributed by atoms with Crippen LogP contribution in [0, 0.1) is 0 Å². The summed E-state index contributed by atoms with van der Waals surface area (Å²) in [5.74, 6) is 0.822. The Morgan fingerprint density at radius 3 is 2.84 bits per heavy atom. The van der Waals surface area contributed by atoms with Crippen molar-refractivity contribution >= 4 is 28.7 Å². The van der Waals surface area contributed by atoms with Gasteiger partial charge in [0.1, 0.15) is 17.9 Å². The van der Waals surface area contributed by atoms with E-state index in [4.69, 9.17) is 11.6 Å². The van der Waals surface area contributed by atoms with Crippen molar-refractivity contribution in [3.63, 3.8) is 0 Å². The minimum Gasteiger partial charge on any atom is -0.350 e. The average Bonchev–Trinajstić information content (AvgIpc) is 2.65. The van der Waals surface area contributed by atoms with Crippen molar-refractivity contribution in [1.29, 1.82) is 0 Å². The number of hydrogen-bond donors (Lipinski definition) is 1. The maximum atomic E-state index is 12.0. The van der Waals surface area contributed by atoms with Crippen LogP contribution >= 0.6 is 11.6 Å². The fraction of sp³-hybridized carbons (Fsp3) is 0.462. The molecular formula is C13H17ClN4O. The van der Waals surface area contributed by atoms with Gasteiger partial charge in [0, 0.05) is 11.7 Å². The highest BCUT2D eigenvalue weighted by molar-refractivity contribution is 6.16. The van der Waals surface area contributed by atoms with E-state index in [9.17, 15) is 4.79 Å². The van der Waals surface area contributed by atoms with Crippen molar-refractivity contribution in [2.75, 3.05) is 0 Å². The van der Waals surface area contributed by atoms with Gasteiger partial charge in [0.25, 0.3) is 0 Å². The minimum absolute atomic E-state index is 0.0798. The van der Waals surface area contributed by atoms with Gasteiger partial charge in [-0.1, -0.05) is 0 Å². The SMILES string of the molecule is CC(C)(C)NC(=O)Cn1c(CCl)nc2cccnc21. The molecule has 19 heavy (non-hydrogen) atoms. The summed E-state index contributed by atoms with van der Waals surface area (Å²) in [6.07, 6.45) is 1.68. The molecule has 0 aliphatic rings. The maximum Gasteiger partial charge on any atom is 0.240 e. The fourth-order valence-electron chi connectivity index (χ4n) is 1.87. The van der Waals surface area contributed by atoms with E-state index in [1.807, 2.05) is 32.9 Å². The zero-order valence-corrected chi connectivity index (χ0v) is 12.0. The molecule has 0 spiro atoms. The van der Waals surface area contributed by atoms with Crippen LogP contribution in [0.3, 0.4) is 0 Å². The van der Waals surface area contributed by atoms with Crippen LogP contribution in [0.5, 0.6) is 0 Å². The Balaban J connectivity index is 2.31. The summed E-state index contributed by atoms with van der Waals surface area (Å²) in [7, 11) is 0. The molecule has 102 valence electrons. The lowest BCUT2D eigenvalue weighted by atomic mass is 10.1. The number of hydrogen-bond acceptors (Lipinski definition) is 3. The number of amides is 1. The lowest BCUT2D eigenvalue weighted by Gasteiger charge is -2.20. The van der Waals surface area contributed by atoms with E-state index in [-0.39, 0.29) is 23.9 Å². The number of carbonyl (C=O) groups is 1. The quantitative estimate of drug-likeness (QED) is 0.876. The molecule has 0 aliphatic carbocycles. The Bertz CT molecular complexity index is 600. The highest BCUT2D eigenvalue weighted by Crippen LogP contribution is 2.15. The van der Waals surface area contributed by atoms with E-state index in [0.717, 1.165) is 5.52 Å². The number of halogens is 1. The number of imidazole rings is 1. The summed E-state index contributed by atoms with van der Waals surface area (Å²) in [5.41, 5.74) is 1.17. The molecule has 6 heteroatoms. The Labute approximate surface area is 117 Å². The molecule has 1 amide bonds. The molecule has 2 heterocycles. The van der Waals surface area contributed by atoms with Gasteiger partial charge in [-0.25, -0.2) is 9.97 Å². The van der Waals surface area contributed by atoms with Crippen LogP contribution in [0.1, 0.15) is 26.6 Å². The normalized spacial score (nSPS) is 11.8. The van der Waals surface area contributed by atoms with Crippen molar-refractivity contribution in [2.24, 2.45) is 0 Å². The summed E-state index contributed by atoms with van der Waals surface area (Å²) < 4.78 is 1.75. The first-order valence-electron chi connectivity index (χ1n) is 6.08. The fourth-order valence-corrected chi connectivity index (χ4v) is 2.08. The number of fused-ring (bicyclic) bond motifs is 1. The molecule has 0 aromatic carbocycles. The van der Waals surface area contributed by atoms with Crippen molar-refractivity contribution in [3.8, 4) is 0 Å². The molecule has 0 radical (unpaired) electrons. The predicted molar refractivity (Wildman–Crippen MR) is 75.0 cm³/mol. The third-order valence-corrected chi connectivity index (χ3v) is 2.76. The molecule has 5 nitrogen and oxygen atoms in total. The molecule has 2 aromatic rings. The van der Waals surface area contributed by atoms with E-state index >= 15 is 0 Å². The number of alkyl halides is 1. The molecule has 0 aliphatic heterocycles. The first-order chi connectivity index (χ1) is 8.90. The van der Waals surface area contributed by atoms with Gasteiger partial charge in [0.2, 0.25) is 5.91 Å². The summed E-state index contributed by atoms with van der Waals surface area (Å²) in [6, 6.07) is 3.67. The van der Waals surface area contributed by atoms with Crippen LogP contribution in [0.4, 0.5) is 0 Å². The van der Waals surface area contributed by atoms with Crippen LogP contribution in [0.15, 0.2) is 18.3 Å². The topological polar surface area (TPSA) is 59.8 Å². The molecule has 1 N–H and O–H groups in total. The smallest absolute Gasteiger partial charge is 0.240 e. The van der Waals surface area contributed by atoms with Gasteiger partial charge in [-0.2, -0.15) is 0 Å². The molecule has 2 aromatic heterocycles. The Kier molecular flexibility index (Phi) is 3.75. The third-order valence-electron chi connectivity index (χ3n) is 2.52. The van der Waals surface area contributed by atoms with E-state index in [1.165, 1.54) is 0 Å². The van der Waals surface area contributed by atoms with E-state index in [2.05, 4.69) is 15.3 Å². The van der Waals surface area contributed by atoms with Gasteiger partial charge in [-0.3, -0.25) is 4.79 Å². The second-order valence-corrected chi connectivity index (χ2v) is 5.66. The number of nitrogens with zero attached hydrogens (tertiary/aromatic N) is 3. The van der Waals surface area contributed by atoms with Crippen molar-refractivity contribution in [2.45, 2.75) is 38.7 Å². The molecule has 0 fully saturated rings. The van der Waals surface area contributed by atoms with E-state index in [0.29, 0.717) is 11.5 Å².